The third kappa shape index (κ3) is 2.81. The smallest absolute Gasteiger partial charge is 0.255 e. The number of benzene rings is 1. The molecule has 0 spiro atoms. The molecule has 1 aromatic heterocycles. The van der Waals surface area contributed by atoms with Gasteiger partial charge in [0.25, 0.3) is 5.91 Å². The van der Waals surface area contributed by atoms with Crippen LogP contribution in [0.2, 0.25) is 0 Å². The highest BCUT2D eigenvalue weighted by Gasteiger charge is 2.20. The van der Waals surface area contributed by atoms with Gasteiger partial charge in [-0.3, -0.25) is 9.48 Å². The Morgan fingerprint density at radius 3 is 2.70 bits per heavy atom. The molecule has 2 aromatic rings. The maximum Gasteiger partial charge on any atom is 0.255 e. The lowest BCUT2D eigenvalue weighted by Gasteiger charge is -2.08. The number of aromatic hydroxyl groups is 1. The summed E-state index contributed by atoms with van der Waals surface area (Å²) in [6.45, 7) is 4.51. The predicted molar refractivity (Wildman–Crippen MR) is 82.9 cm³/mol. The summed E-state index contributed by atoms with van der Waals surface area (Å²) in [7, 11) is 1.90. The molecule has 1 aliphatic rings. The highest BCUT2D eigenvalue weighted by molar-refractivity contribution is 5.97. The molecule has 7 nitrogen and oxygen atoms in total. The number of ether oxygens (including phenoxy) is 2. The van der Waals surface area contributed by atoms with Crippen molar-refractivity contribution in [1.82, 2.24) is 15.1 Å². The van der Waals surface area contributed by atoms with Gasteiger partial charge < -0.3 is 19.9 Å². The van der Waals surface area contributed by atoms with Gasteiger partial charge in [0, 0.05) is 31.4 Å². The number of phenols is 1. The topological polar surface area (TPSA) is 85.6 Å². The number of fused-ring (bicyclic) bond motifs is 1. The number of amides is 1. The van der Waals surface area contributed by atoms with Crippen LogP contribution in [0.3, 0.4) is 0 Å². The molecule has 1 aliphatic heterocycles. The summed E-state index contributed by atoms with van der Waals surface area (Å²) in [5.41, 5.74) is 3.35. The highest BCUT2D eigenvalue weighted by Crippen LogP contribution is 2.37. The van der Waals surface area contributed by atoms with E-state index in [2.05, 4.69) is 10.4 Å². The Balaban J connectivity index is 1.66. The van der Waals surface area contributed by atoms with Crippen molar-refractivity contribution in [2.45, 2.75) is 20.3 Å². The summed E-state index contributed by atoms with van der Waals surface area (Å²) in [6, 6.07) is 2.89. The van der Waals surface area contributed by atoms with Crippen LogP contribution in [0.1, 0.15) is 27.3 Å². The third-order valence-electron chi connectivity index (χ3n) is 4.05. The van der Waals surface area contributed by atoms with Crippen molar-refractivity contribution < 1.29 is 19.4 Å². The molecule has 1 aromatic carbocycles. The molecule has 2 heterocycles. The molecular weight excluding hydrogens is 298 g/mol. The van der Waals surface area contributed by atoms with Crippen molar-refractivity contribution in [3.8, 4) is 17.2 Å². The van der Waals surface area contributed by atoms with Gasteiger partial charge in [-0.05, 0) is 25.8 Å². The van der Waals surface area contributed by atoms with Gasteiger partial charge in [-0.2, -0.15) is 5.10 Å². The van der Waals surface area contributed by atoms with Crippen LogP contribution in [0.4, 0.5) is 0 Å². The van der Waals surface area contributed by atoms with E-state index in [1.165, 1.54) is 12.1 Å². The lowest BCUT2D eigenvalue weighted by atomic mass is 10.1. The quantitative estimate of drug-likeness (QED) is 0.891. The standard InChI is InChI=1S/C16H19N3O4/c1-9-11(10(2)19(3)18-9)4-5-17-16(21)12-6-14-15(7-13(12)20)23-8-22-14/h6-7,20H,4-5,8H2,1-3H3,(H,17,21). The van der Waals surface area contributed by atoms with E-state index in [1.54, 1.807) is 0 Å². The normalized spacial score (nSPS) is 12.5. The molecule has 1 amide bonds. The molecular formula is C16H19N3O4. The number of carbonyl (C=O) groups excluding carboxylic acids is 1. The van der Waals surface area contributed by atoms with E-state index in [9.17, 15) is 9.90 Å². The van der Waals surface area contributed by atoms with E-state index >= 15 is 0 Å². The maximum absolute atomic E-state index is 12.2. The minimum atomic E-state index is -0.347. The Labute approximate surface area is 133 Å². The molecule has 0 bridgehead atoms. The Kier molecular flexibility index (Phi) is 3.85. The Bertz CT molecular complexity index is 767. The van der Waals surface area contributed by atoms with Gasteiger partial charge in [0.1, 0.15) is 5.75 Å². The molecule has 7 heteroatoms. The first kappa shape index (κ1) is 15.2. The molecule has 0 saturated carbocycles. The lowest BCUT2D eigenvalue weighted by molar-refractivity contribution is 0.0951. The predicted octanol–water partition coefficient (Wildman–Crippen LogP) is 1.44. The maximum atomic E-state index is 12.2. The van der Waals surface area contributed by atoms with Gasteiger partial charge in [-0.25, -0.2) is 0 Å². The Morgan fingerprint density at radius 2 is 2.04 bits per heavy atom. The van der Waals surface area contributed by atoms with Gasteiger partial charge in [0.05, 0.1) is 11.3 Å². The van der Waals surface area contributed by atoms with Crippen molar-refractivity contribution in [3.63, 3.8) is 0 Å². The molecule has 0 radical (unpaired) electrons. The van der Waals surface area contributed by atoms with Crippen LogP contribution >= 0.6 is 0 Å². The number of hydrogen-bond donors (Lipinski definition) is 2. The molecule has 0 fully saturated rings. The summed E-state index contributed by atoms with van der Waals surface area (Å²) < 4.78 is 12.2. The van der Waals surface area contributed by atoms with Crippen LogP contribution in [0.25, 0.3) is 0 Å². The summed E-state index contributed by atoms with van der Waals surface area (Å²) in [5.74, 6) is 0.438. The number of carbonyl (C=O) groups is 1. The average molecular weight is 317 g/mol. The molecule has 0 saturated heterocycles. The molecule has 0 unspecified atom stereocenters. The number of nitrogens with zero attached hydrogens (tertiary/aromatic N) is 2. The zero-order valence-electron chi connectivity index (χ0n) is 13.3. The Morgan fingerprint density at radius 1 is 1.35 bits per heavy atom. The summed E-state index contributed by atoms with van der Waals surface area (Å²) in [6.07, 6.45) is 0.683. The molecule has 2 N–H and O–H groups in total. The van der Waals surface area contributed by atoms with Crippen LogP contribution in [0, 0.1) is 13.8 Å². The van der Waals surface area contributed by atoms with Gasteiger partial charge in [-0.15, -0.1) is 0 Å². The van der Waals surface area contributed by atoms with E-state index in [1.807, 2.05) is 25.6 Å². The van der Waals surface area contributed by atoms with Crippen LogP contribution in [-0.4, -0.2) is 34.1 Å². The second-order valence-corrected chi connectivity index (χ2v) is 5.50. The van der Waals surface area contributed by atoms with Gasteiger partial charge in [-0.1, -0.05) is 0 Å². The second kappa shape index (κ2) is 5.83. The minimum absolute atomic E-state index is 0.0966. The van der Waals surface area contributed by atoms with Gasteiger partial charge in [0.15, 0.2) is 11.5 Å². The molecule has 3 rings (SSSR count). The van der Waals surface area contributed by atoms with Crippen molar-refractivity contribution in [2.75, 3.05) is 13.3 Å². The molecule has 0 aliphatic carbocycles. The summed E-state index contributed by atoms with van der Waals surface area (Å²) in [5, 5.41) is 17.1. The number of nitrogens with one attached hydrogen (secondary N) is 1. The number of aryl methyl sites for hydroxylation is 2. The highest BCUT2D eigenvalue weighted by atomic mass is 16.7. The molecule has 0 atom stereocenters. The fourth-order valence-electron chi connectivity index (χ4n) is 2.69. The molecule has 23 heavy (non-hydrogen) atoms. The number of rotatable bonds is 4. The molecule has 122 valence electrons. The first-order valence-corrected chi connectivity index (χ1v) is 7.37. The first-order chi connectivity index (χ1) is 11.0. The summed E-state index contributed by atoms with van der Waals surface area (Å²) >= 11 is 0. The SMILES string of the molecule is Cc1nn(C)c(C)c1CCNC(=O)c1cc2c(cc1O)OCO2. The first-order valence-electron chi connectivity index (χ1n) is 7.37. The fourth-order valence-corrected chi connectivity index (χ4v) is 2.69. The van der Waals surface area contributed by atoms with E-state index in [0.29, 0.717) is 24.5 Å². The van der Waals surface area contributed by atoms with Crippen molar-refractivity contribution in [1.29, 1.82) is 0 Å². The average Bonchev–Trinajstić information content (AvgIpc) is 3.05. The van der Waals surface area contributed by atoms with Gasteiger partial charge >= 0.3 is 0 Å². The van der Waals surface area contributed by atoms with Crippen LogP contribution in [0.15, 0.2) is 12.1 Å². The van der Waals surface area contributed by atoms with Gasteiger partial charge in [0.2, 0.25) is 6.79 Å². The second-order valence-electron chi connectivity index (χ2n) is 5.50. The zero-order valence-corrected chi connectivity index (χ0v) is 13.3. The van der Waals surface area contributed by atoms with E-state index in [4.69, 9.17) is 9.47 Å². The fraction of sp³-hybridized carbons (Fsp3) is 0.375. The number of aromatic nitrogens is 2. The minimum Gasteiger partial charge on any atom is -0.507 e. The van der Waals surface area contributed by atoms with E-state index in [-0.39, 0.29) is 24.0 Å². The van der Waals surface area contributed by atoms with Crippen LogP contribution in [0.5, 0.6) is 17.2 Å². The van der Waals surface area contributed by atoms with E-state index < -0.39 is 0 Å². The van der Waals surface area contributed by atoms with E-state index in [0.717, 1.165) is 17.0 Å². The summed E-state index contributed by atoms with van der Waals surface area (Å²) in [4.78, 5) is 12.2. The van der Waals surface area contributed by atoms with Crippen LogP contribution < -0.4 is 14.8 Å². The number of hydrogen-bond acceptors (Lipinski definition) is 5. The van der Waals surface area contributed by atoms with Crippen molar-refractivity contribution in [2.24, 2.45) is 7.05 Å². The largest absolute Gasteiger partial charge is 0.507 e. The van der Waals surface area contributed by atoms with Crippen molar-refractivity contribution in [3.05, 3.63) is 34.6 Å². The third-order valence-corrected chi connectivity index (χ3v) is 4.05. The Hall–Kier alpha value is -2.70. The van der Waals surface area contributed by atoms with Crippen LogP contribution in [-0.2, 0) is 13.5 Å². The number of phenolic OH excluding ortho intramolecular Hbond substituents is 1. The monoisotopic (exact) mass is 317 g/mol. The van der Waals surface area contributed by atoms with Crippen molar-refractivity contribution >= 4 is 5.91 Å². The lowest BCUT2D eigenvalue weighted by Crippen LogP contribution is -2.26. The zero-order chi connectivity index (χ0) is 16.6.